The molecule has 2 fully saturated rings. The highest BCUT2D eigenvalue weighted by molar-refractivity contribution is 7.13. The largest absolute Gasteiger partial charge is 0.331 e. The third-order valence-electron chi connectivity index (χ3n) is 9.42. The minimum absolute atomic E-state index is 0.0491. The number of pyridine rings is 1. The molecule has 9 nitrogen and oxygen atoms in total. The molecule has 10 heteroatoms. The minimum atomic E-state index is -0.320. The number of nitrogens with zero attached hydrogens (tertiary/aromatic N) is 5. The van der Waals surface area contributed by atoms with Gasteiger partial charge in [0.05, 0.1) is 11.4 Å². The molecule has 3 amide bonds. The molecular formula is C38H41N7O2S. The number of nitrogens with one attached hydrogen (secondary N) is 2. The molecule has 2 atom stereocenters. The van der Waals surface area contributed by atoms with Crippen molar-refractivity contribution in [3.8, 4) is 16.3 Å². The maximum Gasteiger partial charge on any atom is 0.324 e. The number of fused-ring (bicyclic) bond motifs is 2. The Kier molecular flexibility index (Phi) is 8.60. The van der Waals surface area contributed by atoms with E-state index in [9.17, 15) is 9.59 Å². The van der Waals surface area contributed by atoms with Gasteiger partial charge in [-0.1, -0.05) is 50.6 Å². The summed E-state index contributed by atoms with van der Waals surface area (Å²) in [6, 6.07) is 22.1. The number of carbonyl (C=O) groups excluding carboxylic acids is 2. The Bertz CT molecular complexity index is 1910. The van der Waals surface area contributed by atoms with Crippen LogP contribution in [0, 0.1) is 12.8 Å². The summed E-state index contributed by atoms with van der Waals surface area (Å²) in [5.74, 6) is 1.13. The standard InChI is InChI=1S/C38H41N7O2S/c1-24-8-10-29(11-9-24)45-34(22-33(43-45)38(2,3)4)42-37(47)40-28-7-5-6-25(19-28)18-26-20-30-12-13-31(21-26)44(30)36(46)32-23-48-35(41-32)27-14-16-39-17-15-27/h5-11,14-17,19,22-23,26,30-31H,12-13,18,20-21H2,1-4H3,(H2,40,42,47). The molecule has 0 radical (unpaired) electrons. The van der Waals surface area contributed by atoms with E-state index in [1.165, 1.54) is 16.9 Å². The van der Waals surface area contributed by atoms with Crippen molar-refractivity contribution >= 4 is 34.8 Å². The summed E-state index contributed by atoms with van der Waals surface area (Å²) in [6.07, 6.45) is 8.41. The molecule has 3 aromatic heterocycles. The van der Waals surface area contributed by atoms with Gasteiger partial charge in [0.2, 0.25) is 0 Å². The first-order valence-electron chi connectivity index (χ1n) is 16.6. The number of aryl methyl sites for hydroxylation is 1. The van der Waals surface area contributed by atoms with Gasteiger partial charge >= 0.3 is 6.03 Å². The van der Waals surface area contributed by atoms with Gasteiger partial charge in [-0.25, -0.2) is 14.5 Å². The quantitative estimate of drug-likeness (QED) is 0.183. The van der Waals surface area contributed by atoms with E-state index in [-0.39, 0.29) is 29.4 Å². The number of thiazole rings is 1. The number of carbonyl (C=O) groups is 2. The van der Waals surface area contributed by atoms with Crippen molar-refractivity contribution in [2.45, 2.75) is 77.3 Å². The SMILES string of the molecule is Cc1ccc(-n2nc(C(C)(C)C)cc2NC(=O)Nc2cccc(CC3CC4CCC(C3)N4C(=O)c3csc(-c4ccncc4)n3)c2)cc1. The van der Waals surface area contributed by atoms with Crippen LogP contribution in [0.1, 0.15) is 73.8 Å². The number of hydrogen-bond acceptors (Lipinski definition) is 6. The smallest absolute Gasteiger partial charge is 0.324 e. The van der Waals surface area contributed by atoms with Crippen LogP contribution < -0.4 is 10.6 Å². The lowest BCUT2D eigenvalue weighted by molar-refractivity contribution is 0.0519. The summed E-state index contributed by atoms with van der Waals surface area (Å²) < 4.78 is 1.79. The molecule has 2 aliphatic rings. The van der Waals surface area contributed by atoms with E-state index >= 15 is 0 Å². The number of hydrogen-bond donors (Lipinski definition) is 2. The highest BCUT2D eigenvalue weighted by Crippen LogP contribution is 2.41. The maximum atomic E-state index is 13.6. The van der Waals surface area contributed by atoms with Gasteiger partial charge in [-0.15, -0.1) is 11.3 Å². The van der Waals surface area contributed by atoms with E-state index in [2.05, 4.69) is 58.4 Å². The van der Waals surface area contributed by atoms with Gasteiger partial charge < -0.3 is 10.2 Å². The topological polar surface area (TPSA) is 105 Å². The van der Waals surface area contributed by atoms with Gasteiger partial charge in [0.1, 0.15) is 16.5 Å². The second-order valence-electron chi connectivity index (χ2n) is 14.1. The van der Waals surface area contributed by atoms with Gasteiger partial charge in [-0.2, -0.15) is 5.10 Å². The van der Waals surface area contributed by atoms with Gasteiger partial charge in [0.25, 0.3) is 5.91 Å². The van der Waals surface area contributed by atoms with Crippen LogP contribution in [-0.4, -0.2) is 48.7 Å². The lowest BCUT2D eigenvalue weighted by Gasteiger charge is -2.38. The molecule has 48 heavy (non-hydrogen) atoms. The average molecular weight is 660 g/mol. The van der Waals surface area contributed by atoms with Crippen LogP contribution >= 0.6 is 11.3 Å². The second kappa shape index (κ2) is 13.0. The molecule has 2 aromatic carbocycles. The summed E-state index contributed by atoms with van der Waals surface area (Å²) in [5, 5.41) is 13.6. The first kappa shape index (κ1) is 31.8. The highest BCUT2D eigenvalue weighted by atomic mass is 32.1. The van der Waals surface area contributed by atoms with Crippen molar-refractivity contribution < 1.29 is 9.59 Å². The Morgan fingerprint density at radius 1 is 0.938 bits per heavy atom. The van der Waals surface area contributed by atoms with Crippen LogP contribution in [0.2, 0.25) is 0 Å². The molecule has 7 rings (SSSR count). The van der Waals surface area contributed by atoms with E-state index in [0.29, 0.717) is 17.4 Å². The van der Waals surface area contributed by atoms with Crippen molar-refractivity contribution in [2.75, 3.05) is 10.6 Å². The predicted octanol–water partition coefficient (Wildman–Crippen LogP) is 8.27. The van der Waals surface area contributed by atoms with Crippen LogP contribution in [0.25, 0.3) is 16.3 Å². The number of rotatable bonds is 7. The molecular weight excluding hydrogens is 619 g/mol. The lowest BCUT2D eigenvalue weighted by atomic mass is 9.85. The Morgan fingerprint density at radius 2 is 1.67 bits per heavy atom. The third kappa shape index (κ3) is 6.75. The molecule has 2 bridgehead atoms. The number of benzene rings is 2. The Balaban J connectivity index is 0.990. The Morgan fingerprint density at radius 3 is 2.38 bits per heavy atom. The summed E-state index contributed by atoms with van der Waals surface area (Å²) in [6.45, 7) is 8.38. The Hall–Kier alpha value is -4.83. The molecule has 2 unspecified atom stereocenters. The second-order valence-corrected chi connectivity index (χ2v) is 15.0. The highest BCUT2D eigenvalue weighted by Gasteiger charge is 2.43. The van der Waals surface area contributed by atoms with E-state index in [4.69, 9.17) is 5.10 Å². The number of anilines is 2. The van der Waals surface area contributed by atoms with Gasteiger partial charge in [0.15, 0.2) is 0 Å². The number of amides is 3. The monoisotopic (exact) mass is 659 g/mol. The maximum absolute atomic E-state index is 13.6. The predicted molar refractivity (Wildman–Crippen MR) is 191 cm³/mol. The zero-order valence-corrected chi connectivity index (χ0v) is 28.6. The van der Waals surface area contributed by atoms with E-state index < -0.39 is 0 Å². The molecule has 2 saturated heterocycles. The molecule has 2 N–H and O–H groups in total. The third-order valence-corrected chi connectivity index (χ3v) is 10.3. The molecule has 0 aliphatic carbocycles. The number of aromatic nitrogens is 4. The van der Waals surface area contributed by atoms with Crippen LogP contribution in [-0.2, 0) is 11.8 Å². The van der Waals surface area contributed by atoms with Crippen LogP contribution in [0.4, 0.5) is 16.3 Å². The van der Waals surface area contributed by atoms with E-state index in [1.807, 2.05) is 66.9 Å². The summed E-state index contributed by atoms with van der Waals surface area (Å²) in [4.78, 5) is 37.8. The molecule has 0 spiro atoms. The molecule has 0 saturated carbocycles. The van der Waals surface area contributed by atoms with E-state index in [0.717, 1.165) is 65.3 Å². The van der Waals surface area contributed by atoms with Crippen molar-refractivity contribution in [3.63, 3.8) is 0 Å². The number of urea groups is 1. The summed E-state index contributed by atoms with van der Waals surface area (Å²) >= 11 is 1.50. The fraction of sp³-hybridized carbons (Fsp3) is 0.342. The fourth-order valence-corrected chi connectivity index (χ4v) is 7.83. The zero-order valence-electron chi connectivity index (χ0n) is 27.8. The zero-order chi connectivity index (χ0) is 33.4. The fourth-order valence-electron chi connectivity index (χ4n) is 7.03. The lowest BCUT2D eigenvalue weighted by Crippen LogP contribution is -2.47. The summed E-state index contributed by atoms with van der Waals surface area (Å²) in [7, 11) is 0. The van der Waals surface area contributed by atoms with Gasteiger partial charge in [-0.3, -0.25) is 15.1 Å². The van der Waals surface area contributed by atoms with Crippen LogP contribution in [0.5, 0.6) is 0 Å². The van der Waals surface area contributed by atoms with Gasteiger partial charge in [-0.05, 0) is 86.9 Å². The molecule has 5 aromatic rings. The molecule has 246 valence electrons. The van der Waals surface area contributed by atoms with E-state index in [1.54, 1.807) is 17.1 Å². The van der Waals surface area contributed by atoms with Crippen molar-refractivity contribution in [1.29, 1.82) is 0 Å². The van der Waals surface area contributed by atoms with Crippen LogP contribution in [0.3, 0.4) is 0 Å². The molecule has 5 heterocycles. The average Bonchev–Trinajstić information content (AvgIpc) is 3.79. The Labute approximate surface area is 285 Å². The molecule has 2 aliphatic heterocycles. The normalized spacial score (nSPS) is 18.9. The summed E-state index contributed by atoms with van der Waals surface area (Å²) in [5.41, 5.74) is 6.20. The van der Waals surface area contributed by atoms with Crippen molar-refractivity contribution in [3.05, 3.63) is 107 Å². The first-order valence-corrected chi connectivity index (χ1v) is 17.5. The van der Waals surface area contributed by atoms with Crippen molar-refractivity contribution in [1.82, 2.24) is 24.6 Å². The van der Waals surface area contributed by atoms with Crippen molar-refractivity contribution in [2.24, 2.45) is 5.92 Å². The van der Waals surface area contributed by atoms with Crippen LogP contribution in [0.15, 0.2) is 84.5 Å². The minimum Gasteiger partial charge on any atom is -0.331 e. The number of piperidine rings is 1. The van der Waals surface area contributed by atoms with Gasteiger partial charge in [0, 0.05) is 52.6 Å². The first-order chi connectivity index (χ1) is 23.1.